The van der Waals surface area contributed by atoms with E-state index >= 15 is 0 Å². The first-order valence-electron chi connectivity index (χ1n) is 5.52. The lowest BCUT2D eigenvalue weighted by Gasteiger charge is -2.13. The molecule has 0 fully saturated rings. The summed E-state index contributed by atoms with van der Waals surface area (Å²) in [4.78, 5) is 8.28. The summed E-state index contributed by atoms with van der Waals surface area (Å²) in [5, 5.41) is 13.0. The van der Waals surface area contributed by atoms with Gasteiger partial charge in [-0.2, -0.15) is 0 Å². The van der Waals surface area contributed by atoms with Crippen LogP contribution >= 0.6 is 0 Å². The zero-order chi connectivity index (χ0) is 12.1. The Kier molecular flexibility index (Phi) is 3.67. The van der Waals surface area contributed by atoms with E-state index in [-0.39, 0.29) is 0 Å². The highest BCUT2D eigenvalue weighted by Gasteiger charge is 2.07. The fraction of sp³-hybridized carbons (Fsp3) is 0.231. The third-order valence-corrected chi connectivity index (χ3v) is 2.53. The maximum absolute atomic E-state index is 9.96. The van der Waals surface area contributed by atoms with Gasteiger partial charge in [-0.1, -0.05) is 30.3 Å². The van der Waals surface area contributed by atoms with Crippen LogP contribution in [0.1, 0.15) is 17.4 Å². The summed E-state index contributed by atoms with van der Waals surface area (Å²) in [6.07, 6.45) is 2.73. The van der Waals surface area contributed by atoms with E-state index in [9.17, 15) is 5.11 Å². The lowest BCUT2D eigenvalue weighted by molar-refractivity contribution is 0.191. The topological polar surface area (TPSA) is 58.0 Å². The second-order valence-corrected chi connectivity index (χ2v) is 3.80. The monoisotopic (exact) mass is 229 g/mol. The van der Waals surface area contributed by atoms with Crippen molar-refractivity contribution in [2.24, 2.45) is 0 Å². The minimum absolute atomic E-state index is 0.420. The molecule has 4 nitrogen and oxygen atoms in total. The quantitative estimate of drug-likeness (QED) is 0.841. The molecule has 4 heteroatoms. The molecule has 1 atom stereocenters. The summed E-state index contributed by atoms with van der Waals surface area (Å²) in [5.74, 6) is 0.711. The molecule has 0 spiro atoms. The first-order valence-corrected chi connectivity index (χ1v) is 5.52. The van der Waals surface area contributed by atoms with Crippen LogP contribution < -0.4 is 5.32 Å². The second-order valence-electron chi connectivity index (χ2n) is 3.80. The van der Waals surface area contributed by atoms with Crippen molar-refractivity contribution < 1.29 is 5.11 Å². The maximum Gasteiger partial charge on any atom is 0.147 e. The van der Waals surface area contributed by atoms with Crippen molar-refractivity contribution in [2.45, 2.75) is 13.0 Å². The molecule has 0 aliphatic rings. The Hall–Kier alpha value is -1.94. The molecule has 0 bridgehead atoms. The Morgan fingerprint density at radius 2 is 1.88 bits per heavy atom. The van der Waals surface area contributed by atoms with E-state index in [4.69, 9.17) is 0 Å². The number of rotatable bonds is 4. The van der Waals surface area contributed by atoms with Gasteiger partial charge in [0.05, 0.1) is 11.8 Å². The van der Waals surface area contributed by atoms with E-state index in [1.54, 1.807) is 12.4 Å². The van der Waals surface area contributed by atoms with Crippen LogP contribution in [0.4, 0.5) is 5.82 Å². The number of aromatic nitrogens is 2. The molecular formula is C13H15N3O. The summed E-state index contributed by atoms with van der Waals surface area (Å²) in [5.41, 5.74) is 1.72. The van der Waals surface area contributed by atoms with Gasteiger partial charge >= 0.3 is 0 Å². The molecule has 1 aromatic carbocycles. The van der Waals surface area contributed by atoms with E-state index in [2.05, 4.69) is 15.3 Å². The Morgan fingerprint density at radius 3 is 2.59 bits per heavy atom. The number of aliphatic hydroxyl groups is 1. The van der Waals surface area contributed by atoms with Crippen LogP contribution in [0.15, 0.2) is 42.7 Å². The molecule has 1 aromatic heterocycles. The highest BCUT2D eigenvalue weighted by Crippen LogP contribution is 2.13. The molecule has 2 aromatic rings. The van der Waals surface area contributed by atoms with Crippen LogP contribution in [0.2, 0.25) is 0 Å². The van der Waals surface area contributed by atoms with Crippen molar-refractivity contribution in [1.29, 1.82) is 0 Å². The molecule has 0 aliphatic carbocycles. The molecule has 0 saturated heterocycles. The largest absolute Gasteiger partial charge is 0.387 e. The highest BCUT2D eigenvalue weighted by atomic mass is 16.3. The SMILES string of the molecule is Cc1nccnc1NC[C@@H](O)c1ccccc1. The van der Waals surface area contributed by atoms with Crippen molar-refractivity contribution in [2.75, 3.05) is 11.9 Å². The Balaban J connectivity index is 1.97. The van der Waals surface area contributed by atoms with Gasteiger partial charge in [-0.25, -0.2) is 4.98 Å². The van der Waals surface area contributed by atoms with Crippen molar-refractivity contribution in [1.82, 2.24) is 9.97 Å². The summed E-state index contributed by atoms with van der Waals surface area (Å²) in [6.45, 7) is 2.30. The molecule has 2 N–H and O–H groups in total. The van der Waals surface area contributed by atoms with Crippen molar-refractivity contribution in [3.8, 4) is 0 Å². The first-order chi connectivity index (χ1) is 8.27. The summed E-state index contributed by atoms with van der Waals surface area (Å²) < 4.78 is 0. The van der Waals surface area contributed by atoms with Gasteiger partial charge in [-0.3, -0.25) is 4.98 Å². The number of hydrogen-bond acceptors (Lipinski definition) is 4. The minimum atomic E-state index is -0.544. The van der Waals surface area contributed by atoms with E-state index < -0.39 is 6.10 Å². The van der Waals surface area contributed by atoms with Gasteiger partial charge in [0.1, 0.15) is 5.82 Å². The Morgan fingerprint density at radius 1 is 1.18 bits per heavy atom. The van der Waals surface area contributed by atoms with E-state index in [1.807, 2.05) is 37.3 Å². The highest BCUT2D eigenvalue weighted by molar-refractivity contribution is 5.38. The van der Waals surface area contributed by atoms with Gasteiger partial charge in [0.2, 0.25) is 0 Å². The molecule has 17 heavy (non-hydrogen) atoms. The van der Waals surface area contributed by atoms with Crippen LogP contribution in [-0.4, -0.2) is 21.6 Å². The van der Waals surface area contributed by atoms with Crippen LogP contribution in [0, 0.1) is 6.92 Å². The number of aliphatic hydroxyl groups excluding tert-OH is 1. The Labute approximate surface area is 100 Å². The molecule has 0 amide bonds. The molecule has 0 unspecified atom stereocenters. The summed E-state index contributed by atoms with van der Waals surface area (Å²) in [6, 6.07) is 9.54. The molecule has 88 valence electrons. The average molecular weight is 229 g/mol. The van der Waals surface area contributed by atoms with E-state index in [0.717, 1.165) is 11.3 Å². The van der Waals surface area contributed by atoms with Crippen LogP contribution in [0.5, 0.6) is 0 Å². The van der Waals surface area contributed by atoms with Crippen molar-refractivity contribution >= 4 is 5.82 Å². The molecule has 1 heterocycles. The predicted molar refractivity (Wildman–Crippen MR) is 66.7 cm³/mol. The van der Waals surface area contributed by atoms with Crippen molar-refractivity contribution in [3.63, 3.8) is 0 Å². The Bertz CT molecular complexity index is 473. The van der Waals surface area contributed by atoms with E-state index in [1.165, 1.54) is 0 Å². The van der Waals surface area contributed by atoms with Gasteiger partial charge < -0.3 is 10.4 Å². The number of hydrogen-bond donors (Lipinski definition) is 2. The van der Waals surface area contributed by atoms with Gasteiger partial charge in [0.25, 0.3) is 0 Å². The van der Waals surface area contributed by atoms with Gasteiger partial charge in [0, 0.05) is 18.9 Å². The normalized spacial score (nSPS) is 12.1. The number of nitrogens with one attached hydrogen (secondary N) is 1. The number of nitrogens with zero attached hydrogens (tertiary/aromatic N) is 2. The van der Waals surface area contributed by atoms with Crippen LogP contribution in [-0.2, 0) is 0 Å². The third kappa shape index (κ3) is 3.01. The average Bonchev–Trinajstić information content (AvgIpc) is 2.38. The number of benzene rings is 1. The maximum atomic E-state index is 9.96. The fourth-order valence-corrected chi connectivity index (χ4v) is 1.57. The van der Waals surface area contributed by atoms with Crippen LogP contribution in [0.3, 0.4) is 0 Å². The number of anilines is 1. The summed E-state index contributed by atoms with van der Waals surface area (Å²) >= 11 is 0. The van der Waals surface area contributed by atoms with E-state index in [0.29, 0.717) is 12.4 Å². The van der Waals surface area contributed by atoms with Gasteiger partial charge in [-0.15, -0.1) is 0 Å². The molecule has 0 aliphatic heterocycles. The minimum Gasteiger partial charge on any atom is -0.387 e. The number of aryl methyl sites for hydroxylation is 1. The smallest absolute Gasteiger partial charge is 0.147 e. The fourth-order valence-electron chi connectivity index (χ4n) is 1.57. The molecule has 0 saturated carbocycles. The summed E-state index contributed by atoms with van der Waals surface area (Å²) in [7, 11) is 0. The zero-order valence-corrected chi connectivity index (χ0v) is 9.67. The lowest BCUT2D eigenvalue weighted by Crippen LogP contribution is -2.13. The van der Waals surface area contributed by atoms with Gasteiger partial charge in [-0.05, 0) is 12.5 Å². The zero-order valence-electron chi connectivity index (χ0n) is 9.67. The second kappa shape index (κ2) is 5.41. The van der Waals surface area contributed by atoms with Crippen molar-refractivity contribution in [3.05, 3.63) is 54.0 Å². The molecule has 0 radical (unpaired) electrons. The lowest BCUT2D eigenvalue weighted by atomic mass is 10.1. The third-order valence-electron chi connectivity index (χ3n) is 2.53. The van der Waals surface area contributed by atoms with Gasteiger partial charge in [0.15, 0.2) is 0 Å². The first kappa shape index (κ1) is 11.5. The molecular weight excluding hydrogens is 214 g/mol. The van der Waals surface area contributed by atoms with Crippen LogP contribution in [0.25, 0.3) is 0 Å². The predicted octanol–water partition coefficient (Wildman–Crippen LogP) is 1.93. The standard InChI is InChI=1S/C13H15N3O/c1-10-13(15-8-7-14-10)16-9-12(17)11-5-3-2-4-6-11/h2-8,12,17H,9H2,1H3,(H,15,16)/t12-/m1/s1. The molecule has 2 rings (SSSR count).